The van der Waals surface area contributed by atoms with Crippen LogP contribution in [0.15, 0.2) is 0 Å². The Morgan fingerprint density at radius 3 is 1.36 bits per heavy atom. The average Bonchev–Trinajstić information content (AvgIpc) is 2.83. The number of carbonyl (C=O) groups is 3. The number of rotatable bonds is 26. The molecule has 0 aromatic heterocycles. The fourth-order valence-corrected chi connectivity index (χ4v) is 3.80. The zero-order valence-electron chi connectivity index (χ0n) is 23.8. The molecule has 0 saturated carbocycles. The minimum Gasteiger partial charge on any atom is -0.481 e. The normalized spacial score (nSPS) is 10.5. The molecule has 7 nitrogen and oxygen atoms in total. The second-order valence-electron chi connectivity index (χ2n) is 9.46. The third-order valence-electron chi connectivity index (χ3n) is 5.80. The van der Waals surface area contributed by atoms with E-state index in [4.69, 9.17) is 14.6 Å². The van der Waals surface area contributed by atoms with Gasteiger partial charge in [-0.1, -0.05) is 89.9 Å². The van der Waals surface area contributed by atoms with Crippen molar-refractivity contribution in [1.82, 2.24) is 5.32 Å². The van der Waals surface area contributed by atoms with Crippen molar-refractivity contribution < 1.29 is 29.0 Å². The van der Waals surface area contributed by atoms with Gasteiger partial charge in [0, 0.05) is 26.0 Å². The molecule has 2 N–H and O–H groups in total. The van der Waals surface area contributed by atoms with Crippen LogP contribution >= 0.6 is 0 Å². The summed E-state index contributed by atoms with van der Waals surface area (Å²) >= 11 is 0. The van der Waals surface area contributed by atoms with Gasteiger partial charge in [0.15, 0.2) is 5.78 Å². The highest BCUT2D eigenvalue weighted by Gasteiger charge is 1.99. The summed E-state index contributed by atoms with van der Waals surface area (Å²) in [4.78, 5) is 32.0. The number of carboxylic acids is 1. The summed E-state index contributed by atoms with van der Waals surface area (Å²) in [5, 5.41) is 11.4. The van der Waals surface area contributed by atoms with Gasteiger partial charge in [-0.15, -0.1) is 0 Å². The van der Waals surface area contributed by atoms with Crippen molar-refractivity contribution in [2.75, 3.05) is 33.0 Å². The summed E-state index contributed by atoms with van der Waals surface area (Å²) in [6.07, 6.45) is 21.0. The number of carboxylic acid groups (broad SMARTS) is 1. The molecule has 0 rings (SSSR count). The molecule has 36 heavy (non-hydrogen) atoms. The number of unbranched alkanes of at least 4 members (excludes halogenated alkanes) is 15. The Kier molecular flexibility index (Phi) is 32.2. The van der Waals surface area contributed by atoms with Crippen LogP contribution in [0.1, 0.15) is 136 Å². The molecule has 7 heteroatoms. The highest BCUT2D eigenvalue weighted by Crippen LogP contribution is 2.14. The number of hydrogen-bond donors (Lipinski definition) is 2. The van der Waals surface area contributed by atoms with Crippen LogP contribution in [0.5, 0.6) is 0 Å². The molecule has 0 aliphatic rings. The smallest absolute Gasteiger partial charge is 0.303 e. The predicted molar refractivity (Wildman–Crippen MR) is 147 cm³/mol. The van der Waals surface area contributed by atoms with Gasteiger partial charge in [0.2, 0.25) is 5.91 Å². The van der Waals surface area contributed by atoms with E-state index in [1.165, 1.54) is 90.4 Å². The van der Waals surface area contributed by atoms with Gasteiger partial charge in [0.25, 0.3) is 0 Å². The lowest BCUT2D eigenvalue weighted by Gasteiger charge is -2.04. The number of carbonyl (C=O) groups excluding carboxylic acids is 2. The minimum atomic E-state index is -0.665. The molecular formula is C29H57NO6. The highest BCUT2D eigenvalue weighted by molar-refractivity contribution is 5.76. The summed E-state index contributed by atoms with van der Waals surface area (Å²) < 4.78 is 9.90. The van der Waals surface area contributed by atoms with Crippen molar-refractivity contribution in [3.05, 3.63) is 0 Å². The molecule has 0 aromatic rings. The van der Waals surface area contributed by atoms with E-state index in [0.29, 0.717) is 32.7 Å². The van der Waals surface area contributed by atoms with E-state index in [-0.39, 0.29) is 18.3 Å². The van der Waals surface area contributed by atoms with Crippen molar-refractivity contribution in [3.63, 3.8) is 0 Å². The third kappa shape index (κ3) is 37.1. The Morgan fingerprint density at radius 1 is 0.611 bits per heavy atom. The van der Waals surface area contributed by atoms with Gasteiger partial charge in [-0.25, -0.2) is 0 Å². The monoisotopic (exact) mass is 515 g/mol. The first-order valence-electron chi connectivity index (χ1n) is 14.6. The Morgan fingerprint density at radius 2 is 1.00 bits per heavy atom. The maximum atomic E-state index is 11.3. The summed E-state index contributed by atoms with van der Waals surface area (Å²) in [7, 11) is 0. The molecule has 0 unspecified atom stereocenters. The molecule has 0 heterocycles. The van der Waals surface area contributed by atoms with Crippen molar-refractivity contribution in [2.45, 2.75) is 136 Å². The summed E-state index contributed by atoms with van der Waals surface area (Å²) in [5.41, 5.74) is 0. The molecule has 0 spiro atoms. The highest BCUT2D eigenvalue weighted by atomic mass is 16.5. The van der Waals surface area contributed by atoms with Crippen LogP contribution in [-0.4, -0.2) is 55.7 Å². The van der Waals surface area contributed by atoms with Crippen LogP contribution in [0.2, 0.25) is 0 Å². The van der Waals surface area contributed by atoms with Crippen molar-refractivity contribution in [1.29, 1.82) is 0 Å². The maximum absolute atomic E-state index is 11.3. The minimum absolute atomic E-state index is 0.0523. The van der Waals surface area contributed by atoms with E-state index in [9.17, 15) is 14.4 Å². The van der Waals surface area contributed by atoms with Crippen molar-refractivity contribution in [3.8, 4) is 0 Å². The lowest BCUT2D eigenvalue weighted by atomic mass is 10.0. The average molecular weight is 516 g/mol. The first-order chi connectivity index (χ1) is 17.4. The number of hydrogen-bond acceptors (Lipinski definition) is 5. The molecule has 0 saturated heterocycles. The van der Waals surface area contributed by atoms with Crippen LogP contribution in [0.4, 0.5) is 0 Å². The summed E-state index contributed by atoms with van der Waals surface area (Å²) in [5.74, 6) is -0.413. The quantitative estimate of drug-likeness (QED) is 0.122. The molecule has 0 bridgehead atoms. The van der Waals surface area contributed by atoms with E-state index in [2.05, 4.69) is 5.32 Å². The standard InChI is InChI=1S/C22H43NO3.C7H14O3/c1-2-23-21(24)19-17-15-13-11-9-7-5-3-4-6-8-10-12-14-16-18-20-22(25)26;1-3-9-4-5-10-6-7(2)8/h2-20H2,1H3,(H,23,24)(H,25,26);3-6H2,1-2H3. The molecule has 1 amide bonds. The SMILES string of the molecule is CCNC(=O)CCCCCCCCCCCCCCCCCCC(=O)O.CCOCCOCC(C)=O. The molecule has 0 aliphatic heterocycles. The first-order valence-corrected chi connectivity index (χ1v) is 14.6. The summed E-state index contributed by atoms with van der Waals surface area (Å²) in [6, 6.07) is 0. The van der Waals surface area contributed by atoms with Crippen molar-refractivity contribution >= 4 is 17.7 Å². The van der Waals surface area contributed by atoms with Crippen LogP contribution in [0, 0.1) is 0 Å². The third-order valence-corrected chi connectivity index (χ3v) is 5.80. The number of nitrogens with one attached hydrogen (secondary N) is 1. The zero-order valence-corrected chi connectivity index (χ0v) is 23.8. The van der Waals surface area contributed by atoms with Gasteiger partial charge in [-0.05, 0) is 33.6 Å². The molecule has 0 fully saturated rings. The van der Waals surface area contributed by atoms with Crippen LogP contribution in [0.3, 0.4) is 0 Å². The fourth-order valence-electron chi connectivity index (χ4n) is 3.80. The van der Waals surface area contributed by atoms with Gasteiger partial charge in [-0.2, -0.15) is 0 Å². The Labute approximate surface area is 221 Å². The number of ketones is 1. The topological polar surface area (TPSA) is 102 Å². The predicted octanol–water partition coefficient (Wildman–Crippen LogP) is 6.86. The molecule has 0 atom stereocenters. The van der Waals surface area contributed by atoms with Gasteiger partial charge in [0.1, 0.15) is 6.61 Å². The van der Waals surface area contributed by atoms with E-state index >= 15 is 0 Å². The summed E-state index contributed by atoms with van der Waals surface area (Å²) in [6.45, 7) is 8.11. The molecule has 0 radical (unpaired) electrons. The van der Waals surface area contributed by atoms with Gasteiger partial charge >= 0.3 is 5.97 Å². The number of aliphatic carboxylic acids is 1. The fraction of sp³-hybridized carbons (Fsp3) is 0.897. The molecule has 214 valence electrons. The second kappa shape index (κ2) is 31.6. The molecule has 0 aromatic carbocycles. The van der Waals surface area contributed by atoms with Crippen molar-refractivity contribution in [2.24, 2.45) is 0 Å². The van der Waals surface area contributed by atoms with Crippen LogP contribution < -0.4 is 5.32 Å². The number of Topliss-reactive ketones (excluding diaryl/α,β-unsaturated/α-hetero) is 1. The van der Waals surface area contributed by atoms with Gasteiger partial charge < -0.3 is 19.9 Å². The lowest BCUT2D eigenvalue weighted by molar-refractivity contribution is -0.137. The Hall–Kier alpha value is -1.47. The van der Waals surface area contributed by atoms with Crippen LogP contribution in [-0.2, 0) is 23.9 Å². The van der Waals surface area contributed by atoms with Gasteiger partial charge in [0.05, 0.1) is 13.2 Å². The van der Waals surface area contributed by atoms with Crippen LogP contribution in [0.25, 0.3) is 0 Å². The molecule has 0 aliphatic carbocycles. The Balaban J connectivity index is 0. The lowest BCUT2D eigenvalue weighted by Crippen LogP contribution is -2.21. The van der Waals surface area contributed by atoms with E-state index in [1.54, 1.807) is 0 Å². The second-order valence-corrected chi connectivity index (χ2v) is 9.46. The number of amides is 1. The van der Waals surface area contributed by atoms with E-state index < -0.39 is 5.97 Å². The Bertz CT molecular complexity index is 498. The maximum Gasteiger partial charge on any atom is 0.303 e. The first kappa shape index (κ1) is 36.7. The van der Waals surface area contributed by atoms with Gasteiger partial charge in [-0.3, -0.25) is 14.4 Å². The van der Waals surface area contributed by atoms with E-state index in [0.717, 1.165) is 25.8 Å². The molecular weight excluding hydrogens is 458 g/mol. The van der Waals surface area contributed by atoms with E-state index in [1.807, 2.05) is 13.8 Å². The zero-order chi connectivity index (χ0) is 27.1. The number of ether oxygens (including phenoxy) is 2. The largest absolute Gasteiger partial charge is 0.481 e.